The number of nitrogens with zero attached hydrogens (tertiary/aromatic N) is 2. The zero-order valence-corrected chi connectivity index (χ0v) is 12.5. The Labute approximate surface area is 113 Å². The largest absolute Gasteiger partial charge is 0.343 e. The molecule has 0 aromatic carbocycles. The molecule has 1 fully saturated rings. The number of piperidine rings is 1. The highest BCUT2D eigenvalue weighted by Crippen LogP contribution is 2.20. The molecule has 0 radical (unpaired) electrons. The van der Waals surface area contributed by atoms with E-state index in [1.807, 2.05) is 4.90 Å². The molecular weight excluding hydrogens is 224 g/mol. The van der Waals surface area contributed by atoms with E-state index < -0.39 is 0 Å². The van der Waals surface area contributed by atoms with Gasteiger partial charge in [-0.05, 0) is 57.7 Å². The maximum Gasteiger partial charge on any atom is 0.219 e. The molecule has 1 saturated heterocycles. The molecule has 0 aromatic rings. The van der Waals surface area contributed by atoms with Crippen molar-refractivity contribution < 1.29 is 4.79 Å². The van der Waals surface area contributed by atoms with Crippen LogP contribution in [0.3, 0.4) is 0 Å². The fourth-order valence-electron chi connectivity index (χ4n) is 2.87. The standard InChI is InChI=1S/C15H30N2O/c1-4-9-16(10-5-2)11-6-15-7-12-17(13-8-15)14(3)18/h15H,4-13H2,1-3H3. The van der Waals surface area contributed by atoms with E-state index in [9.17, 15) is 4.79 Å². The molecule has 106 valence electrons. The molecule has 0 N–H and O–H groups in total. The summed E-state index contributed by atoms with van der Waals surface area (Å²) in [6, 6.07) is 0. The van der Waals surface area contributed by atoms with Crippen molar-refractivity contribution in [1.82, 2.24) is 9.80 Å². The Balaban J connectivity index is 2.21. The van der Waals surface area contributed by atoms with Crippen LogP contribution in [0, 0.1) is 5.92 Å². The molecule has 1 heterocycles. The molecule has 0 bridgehead atoms. The van der Waals surface area contributed by atoms with Crippen LogP contribution >= 0.6 is 0 Å². The summed E-state index contributed by atoms with van der Waals surface area (Å²) in [6.45, 7) is 11.9. The van der Waals surface area contributed by atoms with Crippen LogP contribution in [0.25, 0.3) is 0 Å². The highest BCUT2D eigenvalue weighted by Gasteiger charge is 2.20. The third-order valence-electron chi connectivity index (χ3n) is 3.99. The lowest BCUT2D eigenvalue weighted by Gasteiger charge is -2.32. The first-order valence-corrected chi connectivity index (χ1v) is 7.65. The van der Waals surface area contributed by atoms with Crippen molar-refractivity contribution in [2.24, 2.45) is 5.92 Å². The van der Waals surface area contributed by atoms with E-state index in [1.54, 1.807) is 6.92 Å². The Hall–Kier alpha value is -0.570. The van der Waals surface area contributed by atoms with E-state index in [4.69, 9.17) is 0 Å². The Morgan fingerprint density at radius 3 is 2.11 bits per heavy atom. The van der Waals surface area contributed by atoms with Crippen molar-refractivity contribution in [1.29, 1.82) is 0 Å². The van der Waals surface area contributed by atoms with Crippen LogP contribution in [-0.2, 0) is 4.79 Å². The summed E-state index contributed by atoms with van der Waals surface area (Å²) in [5.74, 6) is 1.07. The Kier molecular flexibility index (Phi) is 7.33. The maximum absolute atomic E-state index is 11.3. The van der Waals surface area contributed by atoms with Crippen molar-refractivity contribution >= 4 is 5.91 Å². The first kappa shape index (κ1) is 15.5. The van der Waals surface area contributed by atoms with E-state index >= 15 is 0 Å². The molecule has 0 unspecified atom stereocenters. The van der Waals surface area contributed by atoms with Crippen LogP contribution in [0.1, 0.15) is 52.9 Å². The molecule has 0 atom stereocenters. The van der Waals surface area contributed by atoms with E-state index in [0.717, 1.165) is 19.0 Å². The van der Waals surface area contributed by atoms with Gasteiger partial charge in [-0.1, -0.05) is 13.8 Å². The molecule has 0 aliphatic carbocycles. The minimum Gasteiger partial charge on any atom is -0.343 e. The molecule has 0 spiro atoms. The topological polar surface area (TPSA) is 23.6 Å². The van der Waals surface area contributed by atoms with Crippen molar-refractivity contribution in [3.63, 3.8) is 0 Å². The van der Waals surface area contributed by atoms with E-state index in [1.165, 1.54) is 51.7 Å². The minimum absolute atomic E-state index is 0.243. The van der Waals surface area contributed by atoms with Crippen LogP contribution in [-0.4, -0.2) is 48.4 Å². The molecule has 1 rings (SSSR count). The summed E-state index contributed by atoms with van der Waals surface area (Å²) in [5, 5.41) is 0. The minimum atomic E-state index is 0.243. The summed E-state index contributed by atoms with van der Waals surface area (Å²) in [7, 11) is 0. The Morgan fingerprint density at radius 1 is 1.11 bits per heavy atom. The van der Waals surface area contributed by atoms with Gasteiger partial charge in [-0.25, -0.2) is 0 Å². The predicted molar refractivity (Wildman–Crippen MR) is 76.6 cm³/mol. The zero-order valence-electron chi connectivity index (χ0n) is 12.5. The van der Waals surface area contributed by atoms with Gasteiger partial charge in [0, 0.05) is 20.0 Å². The second-order valence-electron chi connectivity index (χ2n) is 5.58. The van der Waals surface area contributed by atoms with Gasteiger partial charge in [-0.15, -0.1) is 0 Å². The van der Waals surface area contributed by atoms with Gasteiger partial charge in [-0.3, -0.25) is 4.79 Å². The van der Waals surface area contributed by atoms with Gasteiger partial charge in [0.25, 0.3) is 0 Å². The summed E-state index contributed by atoms with van der Waals surface area (Å²) < 4.78 is 0. The molecule has 0 aromatic heterocycles. The number of carbonyl (C=O) groups excluding carboxylic acids is 1. The van der Waals surface area contributed by atoms with Gasteiger partial charge in [0.15, 0.2) is 0 Å². The van der Waals surface area contributed by atoms with Crippen LogP contribution in [0.15, 0.2) is 0 Å². The predicted octanol–water partition coefficient (Wildman–Crippen LogP) is 2.76. The summed E-state index contributed by atoms with van der Waals surface area (Å²) in [5.41, 5.74) is 0. The first-order valence-electron chi connectivity index (χ1n) is 7.65. The Morgan fingerprint density at radius 2 is 1.67 bits per heavy atom. The van der Waals surface area contributed by atoms with Gasteiger partial charge in [-0.2, -0.15) is 0 Å². The highest BCUT2D eigenvalue weighted by molar-refractivity contribution is 5.73. The molecule has 3 nitrogen and oxygen atoms in total. The molecule has 0 saturated carbocycles. The lowest BCUT2D eigenvalue weighted by Crippen LogP contribution is -2.38. The van der Waals surface area contributed by atoms with Gasteiger partial charge in [0.2, 0.25) is 5.91 Å². The summed E-state index contributed by atoms with van der Waals surface area (Å²) >= 11 is 0. The molecule has 1 aliphatic heterocycles. The fourth-order valence-corrected chi connectivity index (χ4v) is 2.87. The molecule has 18 heavy (non-hydrogen) atoms. The van der Waals surface area contributed by atoms with Crippen molar-refractivity contribution in [2.45, 2.75) is 52.9 Å². The van der Waals surface area contributed by atoms with E-state index in [0.29, 0.717) is 0 Å². The molecular formula is C15H30N2O. The number of rotatable bonds is 7. The van der Waals surface area contributed by atoms with Crippen LogP contribution < -0.4 is 0 Å². The SMILES string of the molecule is CCCN(CCC)CCC1CCN(C(C)=O)CC1. The van der Waals surface area contributed by atoms with Crippen molar-refractivity contribution in [3.8, 4) is 0 Å². The van der Waals surface area contributed by atoms with Gasteiger partial charge in [0.1, 0.15) is 0 Å². The van der Waals surface area contributed by atoms with Crippen molar-refractivity contribution in [3.05, 3.63) is 0 Å². The number of amides is 1. The Bertz CT molecular complexity index is 229. The average Bonchev–Trinajstić information content (AvgIpc) is 2.37. The second-order valence-corrected chi connectivity index (χ2v) is 5.58. The monoisotopic (exact) mass is 254 g/mol. The molecule has 1 amide bonds. The first-order chi connectivity index (χ1) is 8.67. The average molecular weight is 254 g/mol. The third kappa shape index (κ3) is 5.38. The number of hydrogen-bond donors (Lipinski definition) is 0. The quantitative estimate of drug-likeness (QED) is 0.697. The molecule has 1 aliphatic rings. The normalized spacial score (nSPS) is 17.4. The smallest absolute Gasteiger partial charge is 0.219 e. The number of carbonyl (C=O) groups is 1. The fraction of sp³-hybridized carbons (Fsp3) is 0.933. The van der Waals surface area contributed by atoms with Gasteiger partial charge in [0.05, 0.1) is 0 Å². The third-order valence-corrected chi connectivity index (χ3v) is 3.99. The lowest BCUT2D eigenvalue weighted by molar-refractivity contribution is -0.130. The van der Waals surface area contributed by atoms with Crippen LogP contribution in [0.5, 0.6) is 0 Å². The van der Waals surface area contributed by atoms with Crippen LogP contribution in [0.2, 0.25) is 0 Å². The van der Waals surface area contributed by atoms with Crippen molar-refractivity contribution in [2.75, 3.05) is 32.7 Å². The van der Waals surface area contributed by atoms with E-state index in [2.05, 4.69) is 18.7 Å². The van der Waals surface area contributed by atoms with Gasteiger partial charge >= 0.3 is 0 Å². The highest BCUT2D eigenvalue weighted by atomic mass is 16.2. The van der Waals surface area contributed by atoms with Gasteiger partial charge < -0.3 is 9.80 Å². The number of likely N-dealkylation sites (tertiary alicyclic amines) is 1. The van der Waals surface area contributed by atoms with Crippen LogP contribution in [0.4, 0.5) is 0 Å². The maximum atomic E-state index is 11.3. The summed E-state index contributed by atoms with van der Waals surface area (Å²) in [6.07, 6.45) is 6.22. The number of hydrogen-bond acceptors (Lipinski definition) is 2. The lowest BCUT2D eigenvalue weighted by atomic mass is 9.93. The zero-order chi connectivity index (χ0) is 13.4. The second kappa shape index (κ2) is 8.52. The van der Waals surface area contributed by atoms with E-state index in [-0.39, 0.29) is 5.91 Å². The molecule has 3 heteroatoms. The summed E-state index contributed by atoms with van der Waals surface area (Å²) in [4.78, 5) is 15.8.